The molecule has 0 aliphatic carbocycles. The predicted molar refractivity (Wildman–Crippen MR) is 57.5 cm³/mol. The minimum absolute atomic E-state index is 0.0417. The Kier molecular flexibility index (Phi) is 3.84. The van der Waals surface area contributed by atoms with Crippen molar-refractivity contribution in [3.63, 3.8) is 0 Å². The second-order valence-electron chi connectivity index (χ2n) is 3.31. The monoisotopic (exact) mass is 227 g/mol. The zero-order valence-corrected chi connectivity index (χ0v) is 9.41. The standard InChI is InChI=1S/C11H14FNO3/c1-6(13)10(14)9-8(15-2)5-4-7(12)11(9)16-3/h4-6H,13H2,1-3H3. The molecule has 0 amide bonds. The third-order valence-corrected chi connectivity index (χ3v) is 2.16. The van der Waals surface area contributed by atoms with E-state index in [-0.39, 0.29) is 17.1 Å². The molecule has 0 saturated carbocycles. The average molecular weight is 227 g/mol. The van der Waals surface area contributed by atoms with Crippen LogP contribution in [0.5, 0.6) is 11.5 Å². The van der Waals surface area contributed by atoms with Crippen molar-refractivity contribution in [3.05, 3.63) is 23.5 Å². The topological polar surface area (TPSA) is 61.5 Å². The second kappa shape index (κ2) is 4.94. The number of methoxy groups -OCH3 is 2. The van der Waals surface area contributed by atoms with Gasteiger partial charge in [-0.3, -0.25) is 4.79 Å². The molecule has 1 unspecified atom stereocenters. The molecule has 1 aromatic rings. The number of Topliss-reactive ketones (excluding diaryl/α,β-unsaturated/α-hetero) is 1. The maximum Gasteiger partial charge on any atom is 0.186 e. The summed E-state index contributed by atoms with van der Waals surface area (Å²) >= 11 is 0. The molecule has 0 spiro atoms. The third-order valence-electron chi connectivity index (χ3n) is 2.16. The van der Waals surface area contributed by atoms with Gasteiger partial charge in [-0.05, 0) is 19.1 Å². The summed E-state index contributed by atoms with van der Waals surface area (Å²) in [7, 11) is 2.68. The van der Waals surface area contributed by atoms with Crippen LogP contribution >= 0.6 is 0 Å². The maximum atomic E-state index is 13.4. The van der Waals surface area contributed by atoms with Gasteiger partial charge in [0.1, 0.15) is 11.3 Å². The van der Waals surface area contributed by atoms with E-state index in [4.69, 9.17) is 15.2 Å². The quantitative estimate of drug-likeness (QED) is 0.789. The molecule has 0 aromatic heterocycles. The highest BCUT2D eigenvalue weighted by molar-refractivity contribution is 6.04. The Hall–Kier alpha value is -1.62. The number of ether oxygens (including phenoxy) is 2. The number of hydrogen-bond acceptors (Lipinski definition) is 4. The summed E-state index contributed by atoms with van der Waals surface area (Å²) in [5, 5.41) is 0. The van der Waals surface area contributed by atoms with Gasteiger partial charge in [0.25, 0.3) is 0 Å². The van der Waals surface area contributed by atoms with Gasteiger partial charge in [-0.2, -0.15) is 0 Å². The first-order valence-electron chi connectivity index (χ1n) is 4.73. The van der Waals surface area contributed by atoms with Gasteiger partial charge >= 0.3 is 0 Å². The molecule has 1 atom stereocenters. The van der Waals surface area contributed by atoms with Gasteiger partial charge in [0.15, 0.2) is 17.3 Å². The van der Waals surface area contributed by atoms with Crippen LogP contribution in [-0.2, 0) is 0 Å². The number of hydrogen-bond donors (Lipinski definition) is 1. The summed E-state index contributed by atoms with van der Waals surface area (Å²) in [5.74, 6) is -0.928. The van der Waals surface area contributed by atoms with Gasteiger partial charge in [0.05, 0.1) is 20.3 Å². The number of carbonyl (C=O) groups excluding carboxylic acids is 1. The number of ketones is 1. The lowest BCUT2D eigenvalue weighted by Gasteiger charge is -2.14. The maximum absolute atomic E-state index is 13.4. The SMILES string of the molecule is COc1ccc(F)c(OC)c1C(=O)C(C)N. The lowest BCUT2D eigenvalue weighted by Crippen LogP contribution is -2.27. The summed E-state index contributed by atoms with van der Waals surface area (Å²) in [6.45, 7) is 1.52. The Labute approximate surface area is 93.2 Å². The molecule has 0 aliphatic heterocycles. The molecular formula is C11H14FNO3. The lowest BCUT2D eigenvalue weighted by molar-refractivity contribution is 0.0961. The molecule has 2 N–H and O–H groups in total. The number of benzene rings is 1. The minimum atomic E-state index is -0.746. The fourth-order valence-electron chi connectivity index (χ4n) is 1.37. The van der Waals surface area contributed by atoms with Crippen molar-refractivity contribution in [2.75, 3.05) is 14.2 Å². The van der Waals surface area contributed by atoms with Gasteiger partial charge in [-0.15, -0.1) is 0 Å². The van der Waals surface area contributed by atoms with Crippen molar-refractivity contribution in [2.24, 2.45) is 5.73 Å². The van der Waals surface area contributed by atoms with Crippen molar-refractivity contribution in [3.8, 4) is 11.5 Å². The fraction of sp³-hybridized carbons (Fsp3) is 0.364. The Morgan fingerprint density at radius 1 is 1.38 bits per heavy atom. The molecule has 16 heavy (non-hydrogen) atoms. The van der Waals surface area contributed by atoms with E-state index in [2.05, 4.69) is 0 Å². The van der Waals surface area contributed by atoms with Crippen molar-refractivity contribution in [1.29, 1.82) is 0 Å². The Balaban J connectivity index is 3.42. The Morgan fingerprint density at radius 3 is 2.44 bits per heavy atom. The van der Waals surface area contributed by atoms with E-state index >= 15 is 0 Å². The summed E-state index contributed by atoms with van der Waals surface area (Å²) < 4.78 is 23.3. The second-order valence-corrected chi connectivity index (χ2v) is 3.31. The van der Waals surface area contributed by atoms with Crippen molar-refractivity contribution >= 4 is 5.78 Å². The van der Waals surface area contributed by atoms with Crippen molar-refractivity contribution in [1.82, 2.24) is 0 Å². The molecule has 88 valence electrons. The zero-order chi connectivity index (χ0) is 12.3. The average Bonchev–Trinajstić information content (AvgIpc) is 2.27. The molecule has 0 saturated heterocycles. The molecule has 0 radical (unpaired) electrons. The van der Waals surface area contributed by atoms with Gasteiger partial charge < -0.3 is 15.2 Å². The van der Waals surface area contributed by atoms with E-state index in [1.165, 1.54) is 33.3 Å². The van der Waals surface area contributed by atoms with Crippen molar-refractivity contribution < 1.29 is 18.7 Å². The minimum Gasteiger partial charge on any atom is -0.496 e. The highest BCUT2D eigenvalue weighted by atomic mass is 19.1. The van der Waals surface area contributed by atoms with Crippen LogP contribution in [0.4, 0.5) is 4.39 Å². The summed E-state index contributed by atoms with van der Waals surface area (Å²) in [6, 6.07) is 1.80. The van der Waals surface area contributed by atoms with Crippen LogP contribution in [0.25, 0.3) is 0 Å². The number of nitrogens with two attached hydrogens (primary N) is 1. The van der Waals surface area contributed by atoms with Gasteiger partial charge in [-0.1, -0.05) is 0 Å². The van der Waals surface area contributed by atoms with E-state index in [0.717, 1.165) is 0 Å². The van der Waals surface area contributed by atoms with Crippen LogP contribution < -0.4 is 15.2 Å². The predicted octanol–water partition coefficient (Wildman–Crippen LogP) is 1.37. The summed E-state index contributed by atoms with van der Waals surface area (Å²) in [6.07, 6.45) is 0. The van der Waals surface area contributed by atoms with E-state index in [0.29, 0.717) is 0 Å². The number of halogens is 1. The molecule has 0 fully saturated rings. The molecule has 1 rings (SSSR count). The van der Waals surface area contributed by atoms with Gasteiger partial charge in [0, 0.05) is 0 Å². The Morgan fingerprint density at radius 2 is 2.00 bits per heavy atom. The third kappa shape index (κ3) is 2.14. The Bertz CT molecular complexity index is 404. The summed E-state index contributed by atoms with van der Waals surface area (Å²) in [5.41, 5.74) is 5.52. The van der Waals surface area contributed by atoms with E-state index in [1.54, 1.807) is 0 Å². The van der Waals surface area contributed by atoms with Crippen molar-refractivity contribution in [2.45, 2.75) is 13.0 Å². The molecule has 0 bridgehead atoms. The van der Waals surface area contributed by atoms with Gasteiger partial charge in [-0.25, -0.2) is 4.39 Å². The van der Waals surface area contributed by atoms with E-state index < -0.39 is 17.6 Å². The molecule has 5 heteroatoms. The van der Waals surface area contributed by atoms with Crippen LogP contribution in [0, 0.1) is 5.82 Å². The van der Waals surface area contributed by atoms with Crippen LogP contribution in [0.3, 0.4) is 0 Å². The first-order valence-corrected chi connectivity index (χ1v) is 4.73. The zero-order valence-electron chi connectivity index (χ0n) is 9.41. The van der Waals surface area contributed by atoms with Crippen LogP contribution in [0.1, 0.15) is 17.3 Å². The highest BCUT2D eigenvalue weighted by Gasteiger charge is 2.23. The van der Waals surface area contributed by atoms with E-state index in [1.807, 2.05) is 0 Å². The molecule has 4 nitrogen and oxygen atoms in total. The molecular weight excluding hydrogens is 213 g/mol. The van der Waals surface area contributed by atoms with Crippen LogP contribution in [-0.4, -0.2) is 26.0 Å². The molecule has 1 aromatic carbocycles. The van der Waals surface area contributed by atoms with Gasteiger partial charge in [0.2, 0.25) is 0 Å². The number of rotatable bonds is 4. The highest BCUT2D eigenvalue weighted by Crippen LogP contribution is 2.31. The first-order chi connectivity index (χ1) is 7.52. The largest absolute Gasteiger partial charge is 0.496 e. The fourth-order valence-corrected chi connectivity index (χ4v) is 1.37. The van der Waals surface area contributed by atoms with E-state index in [9.17, 15) is 9.18 Å². The van der Waals surface area contributed by atoms with Crippen LogP contribution in [0.15, 0.2) is 12.1 Å². The molecule has 0 aliphatic rings. The van der Waals surface area contributed by atoms with Crippen LogP contribution in [0.2, 0.25) is 0 Å². The summed E-state index contributed by atoms with van der Waals surface area (Å²) in [4.78, 5) is 11.8. The smallest absolute Gasteiger partial charge is 0.186 e. The normalized spacial score (nSPS) is 12.1. The molecule has 0 heterocycles. The number of carbonyl (C=O) groups is 1. The lowest BCUT2D eigenvalue weighted by atomic mass is 10.0. The first kappa shape index (κ1) is 12.4.